The summed E-state index contributed by atoms with van der Waals surface area (Å²) < 4.78 is 31.2. The number of aromatic nitrogens is 1. The van der Waals surface area contributed by atoms with Crippen molar-refractivity contribution < 1.29 is 58.2 Å². The first-order valence-corrected chi connectivity index (χ1v) is 30.1. The number of benzene rings is 4. The maximum Gasteiger partial charge on any atom is 0.250 e. The molecule has 4 amide bonds. The zero-order valence-electron chi connectivity index (χ0n) is 47.5. The molecular weight excluding hydrogens is 1090 g/mol. The molecule has 4 aliphatic heterocycles. The molecule has 5 heterocycles. The number of aliphatic hydroxyl groups is 2. The maximum atomic E-state index is 13.5. The number of unbranched alkanes of at least 4 members (excludes halogenated alkanes) is 2. The van der Waals surface area contributed by atoms with E-state index in [9.17, 15) is 34.5 Å². The molecule has 84 heavy (non-hydrogen) atoms. The van der Waals surface area contributed by atoms with E-state index < -0.39 is 46.2 Å². The van der Waals surface area contributed by atoms with Crippen LogP contribution >= 0.6 is 12.4 Å². The summed E-state index contributed by atoms with van der Waals surface area (Å²) in [6, 6.07) is 23.3. The third-order valence-corrected chi connectivity index (χ3v) is 20.5. The van der Waals surface area contributed by atoms with Crippen LogP contribution in [0.4, 0.5) is 5.69 Å². The van der Waals surface area contributed by atoms with Crippen molar-refractivity contribution in [2.75, 3.05) is 78.1 Å². The number of aromatic amines is 1. The second kappa shape index (κ2) is 22.1. The maximum absolute atomic E-state index is 13.5. The minimum atomic E-state index is -1.11. The lowest BCUT2D eigenvalue weighted by Crippen LogP contribution is -2.77. The summed E-state index contributed by atoms with van der Waals surface area (Å²) in [6.45, 7) is 2.67. The highest BCUT2D eigenvalue weighted by atomic mass is 35.5. The number of likely N-dealkylation sites (N-methyl/N-ethyl adjacent to an activating group) is 1. The molecule has 19 nitrogen and oxygen atoms in total. The van der Waals surface area contributed by atoms with E-state index in [0.717, 1.165) is 89.9 Å². The van der Waals surface area contributed by atoms with Crippen molar-refractivity contribution >= 4 is 52.6 Å². The van der Waals surface area contributed by atoms with Gasteiger partial charge in [0.2, 0.25) is 23.6 Å². The Hall–Kier alpha value is -6.45. The molecule has 1 aromatic heterocycles. The summed E-state index contributed by atoms with van der Waals surface area (Å²) in [6.07, 6.45) is 8.41. The Morgan fingerprint density at radius 3 is 2.19 bits per heavy atom. The second-order valence-corrected chi connectivity index (χ2v) is 25.1. The molecule has 4 aromatic carbocycles. The van der Waals surface area contributed by atoms with Crippen LogP contribution in [-0.2, 0) is 65.2 Å². The van der Waals surface area contributed by atoms with Gasteiger partial charge in [-0.05, 0) is 137 Å². The Labute approximate surface area is 494 Å². The second-order valence-electron chi connectivity index (χ2n) is 25.1. The van der Waals surface area contributed by atoms with Crippen molar-refractivity contribution in [1.29, 1.82) is 0 Å². The number of carbonyl (C=O) groups excluding carboxylic acids is 4. The van der Waals surface area contributed by atoms with E-state index in [4.69, 9.17) is 23.7 Å². The number of halogens is 1. The number of ether oxygens (including phenoxy) is 5. The summed E-state index contributed by atoms with van der Waals surface area (Å²) in [7, 11) is 2.04. The Morgan fingerprint density at radius 2 is 1.43 bits per heavy atom. The lowest BCUT2D eigenvalue weighted by atomic mass is 9.48. The highest BCUT2D eigenvalue weighted by Crippen LogP contribution is 2.70. The van der Waals surface area contributed by atoms with Gasteiger partial charge in [-0.1, -0.05) is 54.6 Å². The molecule has 2 saturated heterocycles. The van der Waals surface area contributed by atoms with E-state index in [2.05, 4.69) is 54.3 Å². The average Bonchev–Trinajstić information content (AvgIpc) is 1.41. The van der Waals surface area contributed by atoms with Crippen LogP contribution in [0.2, 0.25) is 0 Å². The summed E-state index contributed by atoms with van der Waals surface area (Å²) >= 11 is 0. The van der Waals surface area contributed by atoms with E-state index in [1.807, 2.05) is 55.6 Å². The fourth-order valence-electron chi connectivity index (χ4n) is 16.6. The van der Waals surface area contributed by atoms with Crippen LogP contribution in [0.1, 0.15) is 103 Å². The van der Waals surface area contributed by atoms with Crippen LogP contribution < -0.4 is 35.5 Å². The van der Waals surface area contributed by atoms with Crippen molar-refractivity contribution in [3.8, 4) is 23.0 Å². The number of phenolic OH excluding ortho intramolecular Hbond substituents is 1. The van der Waals surface area contributed by atoms with Crippen LogP contribution in [0.3, 0.4) is 0 Å². The van der Waals surface area contributed by atoms with E-state index in [0.29, 0.717) is 87.7 Å². The number of likely N-dealkylation sites (tertiary alicyclic amines) is 2. The number of piperidine rings is 2. The smallest absolute Gasteiger partial charge is 0.250 e. The molecule has 20 heteroatoms. The summed E-state index contributed by atoms with van der Waals surface area (Å²) in [5.74, 6) is 1.05. The van der Waals surface area contributed by atoms with Crippen LogP contribution in [-0.4, -0.2) is 162 Å². The van der Waals surface area contributed by atoms with Gasteiger partial charge in [-0.25, -0.2) is 0 Å². The van der Waals surface area contributed by atoms with Crippen molar-refractivity contribution in [2.24, 2.45) is 5.92 Å². The highest BCUT2D eigenvalue weighted by molar-refractivity contribution is 6.03. The molecular formula is C64H76ClN7O12. The predicted molar refractivity (Wildman–Crippen MR) is 313 cm³/mol. The predicted octanol–water partition coefficient (Wildman–Crippen LogP) is 4.96. The number of hydrogen-bond donors (Lipinski definition) is 8. The Bertz CT molecular complexity index is 3400. The van der Waals surface area contributed by atoms with E-state index >= 15 is 0 Å². The van der Waals surface area contributed by atoms with Gasteiger partial charge in [0.05, 0.1) is 51.6 Å². The molecule has 9 aliphatic rings. The van der Waals surface area contributed by atoms with Crippen LogP contribution in [0.5, 0.6) is 23.0 Å². The minimum Gasteiger partial charge on any atom is -0.504 e. The van der Waals surface area contributed by atoms with Gasteiger partial charge in [-0.15, -0.1) is 12.4 Å². The third-order valence-electron chi connectivity index (χ3n) is 20.5. The van der Waals surface area contributed by atoms with Crippen molar-refractivity contribution in [1.82, 2.24) is 30.7 Å². The molecule has 0 unspecified atom stereocenters. The molecule has 5 aromatic rings. The van der Waals surface area contributed by atoms with Crippen molar-refractivity contribution in [3.63, 3.8) is 0 Å². The zero-order chi connectivity index (χ0) is 56.8. The standard InChI is InChI=1S/C64H75N7O12.ClH/c1-70-26-22-61-53-39-15-17-45(72)57(53)82-59(61)44(19-21-63(61,77)47(70)29-39)68-52(76)36-80-34-50(74)66-25-7-3-6-24-65-49(73)33-79-35-51(75)67-43-12-8-11-41-42-31-64(78)48-30-40-16-18-46(81-28-20-37-9-4-2-5-10-37)58-54(40)62(64,23-27-71(48)32-38-13-14-38)60(83-58)56(42)69-55(41)43;/h2,4-5,8-12,15-18,38,44,47-48,59-60,69,72,77-78H,3,6-7,13-14,19-36H2,1H3,(H,65,73)(H,66,74)(H,67,75)(H,68,76);1H/t44-,47+,48+,59-,60-,61-,62-,63+,64+;/m0./s1. The SMILES string of the molecule is CN1CC[C@]23c4c5ccc(O)c4O[C@H]2[C@@H](NC(=O)COCC(=O)NCCCCCNC(=O)COCC(=O)Nc2cccc4c6c([nH]c24)[C@@H]2Oc4c(OCCc7ccccc7)ccc7c4[C@@]24CCN(CC2CC2)[C@H](C7)[C@]4(O)C6)CC[C@@]3(O)[C@H]1C5.Cl. The van der Waals surface area contributed by atoms with Crippen LogP contribution in [0.15, 0.2) is 72.8 Å². The number of rotatable bonds is 22. The fraction of sp³-hybridized carbons (Fsp3) is 0.531. The first kappa shape index (κ1) is 56.7. The summed E-state index contributed by atoms with van der Waals surface area (Å²) in [5, 5.41) is 49.4. The van der Waals surface area contributed by atoms with Crippen molar-refractivity contribution in [3.05, 3.63) is 112 Å². The average molecular weight is 1170 g/mol. The Balaban J connectivity index is 0.00000658. The number of carbonyl (C=O) groups is 4. The molecule has 4 bridgehead atoms. The van der Waals surface area contributed by atoms with Gasteiger partial charge >= 0.3 is 0 Å². The number of hydrogen-bond acceptors (Lipinski definition) is 14. The van der Waals surface area contributed by atoms with E-state index in [-0.39, 0.29) is 74.4 Å². The van der Waals surface area contributed by atoms with Gasteiger partial charge in [0, 0.05) is 61.1 Å². The first-order chi connectivity index (χ1) is 40.3. The number of nitrogens with one attached hydrogen (secondary N) is 5. The normalized spacial score (nSPS) is 28.8. The number of phenols is 1. The molecule has 4 fully saturated rings. The molecule has 446 valence electrons. The van der Waals surface area contributed by atoms with E-state index in [1.54, 1.807) is 6.07 Å². The zero-order valence-corrected chi connectivity index (χ0v) is 48.3. The highest BCUT2D eigenvalue weighted by Gasteiger charge is 2.74. The van der Waals surface area contributed by atoms with Crippen LogP contribution in [0, 0.1) is 5.92 Å². The number of para-hydroxylation sites is 1. The van der Waals surface area contributed by atoms with Gasteiger partial charge in [0.15, 0.2) is 29.1 Å². The topological polar surface area (TPSA) is 246 Å². The van der Waals surface area contributed by atoms with Crippen LogP contribution in [0.25, 0.3) is 10.9 Å². The third kappa shape index (κ3) is 9.21. The van der Waals surface area contributed by atoms with Gasteiger partial charge < -0.3 is 70.2 Å². The lowest BCUT2D eigenvalue weighted by Gasteiger charge is -2.63. The monoisotopic (exact) mass is 1170 g/mol. The summed E-state index contributed by atoms with van der Waals surface area (Å²) in [5.41, 5.74) is 5.04. The van der Waals surface area contributed by atoms with Gasteiger partial charge in [0.25, 0.3) is 0 Å². The fourth-order valence-corrected chi connectivity index (χ4v) is 16.6. The van der Waals surface area contributed by atoms with Gasteiger partial charge in [-0.3, -0.25) is 24.1 Å². The van der Waals surface area contributed by atoms with E-state index in [1.165, 1.54) is 24.0 Å². The molecule has 9 atom stereocenters. The molecule has 2 spiro atoms. The van der Waals surface area contributed by atoms with Crippen molar-refractivity contribution in [2.45, 2.75) is 136 Å². The molecule has 0 radical (unpaired) electrons. The molecule has 8 N–H and O–H groups in total. The largest absolute Gasteiger partial charge is 0.504 e. The number of anilines is 1. The lowest BCUT2D eigenvalue weighted by molar-refractivity contribution is -0.187. The Morgan fingerprint density at radius 1 is 0.726 bits per heavy atom. The molecule has 2 saturated carbocycles. The number of amides is 4. The molecule has 5 aliphatic carbocycles. The number of fused-ring (bicyclic) bond motifs is 4. The quantitative estimate of drug-likeness (QED) is 0.0428. The first-order valence-electron chi connectivity index (χ1n) is 30.1. The Kier molecular flexibility index (Phi) is 14.9. The van der Waals surface area contributed by atoms with Gasteiger partial charge in [-0.2, -0.15) is 0 Å². The molecule has 14 rings (SSSR count). The number of aromatic hydroxyl groups is 1. The minimum absolute atomic E-state index is 0. The summed E-state index contributed by atoms with van der Waals surface area (Å²) in [4.78, 5) is 60.4. The number of H-pyrrole nitrogens is 1. The number of nitrogens with zero attached hydrogens (tertiary/aromatic N) is 2. The van der Waals surface area contributed by atoms with Gasteiger partial charge in [0.1, 0.15) is 32.5 Å².